The summed E-state index contributed by atoms with van der Waals surface area (Å²) >= 11 is 0. The summed E-state index contributed by atoms with van der Waals surface area (Å²) in [6.45, 7) is 14.9. The number of anilines is 2. The van der Waals surface area contributed by atoms with E-state index in [1.54, 1.807) is 9.80 Å². The van der Waals surface area contributed by atoms with Crippen molar-refractivity contribution in [3.63, 3.8) is 0 Å². The maximum Gasteiger partial charge on any atom is 0.322 e. The number of likely N-dealkylation sites (N-methyl/N-ethyl adjacent to an activating group) is 1. The second-order valence-electron chi connectivity index (χ2n) is 11.3. The van der Waals surface area contributed by atoms with E-state index in [4.69, 9.17) is 21.3 Å². The monoisotopic (exact) mass is 580 g/mol. The van der Waals surface area contributed by atoms with Crippen LogP contribution in [0.5, 0.6) is 6.01 Å². The van der Waals surface area contributed by atoms with Crippen LogP contribution in [0.15, 0.2) is 55.1 Å². The van der Waals surface area contributed by atoms with E-state index in [1.807, 2.05) is 42.5 Å². The number of nitrogens with one attached hydrogen (secondary N) is 1. The zero-order valence-corrected chi connectivity index (χ0v) is 24.4. The van der Waals surface area contributed by atoms with Gasteiger partial charge in [0, 0.05) is 36.6 Å². The number of hydrogen-bond acceptors (Lipinski definition) is 7. The van der Waals surface area contributed by atoms with E-state index in [2.05, 4.69) is 33.6 Å². The molecule has 2 atom stereocenters. The molecule has 3 aromatic rings. The molecule has 11 nitrogen and oxygen atoms in total. The fourth-order valence-corrected chi connectivity index (χ4v) is 6.29. The molecule has 0 aliphatic carbocycles. The Balaban J connectivity index is 1.26. The van der Waals surface area contributed by atoms with Crippen molar-refractivity contribution in [3.8, 4) is 6.01 Å². The third-order valence-corrected chi connectivity index (χ3v) is 8.68. The summed E-state index contributed by atoms with van der Waals surface area (Å²) in [5, 5.41) is 5.12. The van der Waals surface area contributed by atoms with Gasteiger partial charge in [-0.2, -0.15) is 9.97 Å². The molecule has 0 unspecified atom stereocenters. The predicted octanol–water partition coefficient (Wildman–Crippen LogP) is 3.77. The molecule has 11 heteroatoms. The highest BCUT2D eigenvalue weighted by atomic mass is 16.5. The first-order valence-electron chi connectivity index (χ1n) is 14.7. The highest BCUT2D eigenvalue weighted by Crippen LogP contribution is 2.33. The van der Waals surface area contributed by atoms with Crippen molar-refractivity contribution < 1.29 is 14.3 Å². The van der Waals surface area contributed by atoms with Gasteiger partial charge in [-0.3, -0.25) is 4.79 Å². The number of amides is 3. The van der Waals surface area contributed by atoms with Gasteiger partial charge in [-0.05, 0) is 44.0 Å². The molecule has 2 fully saturated rings. The summed E-state index contributed by atoms with van der Waals surface area (Å²) in [5.74, 6) is 0.517. The maximum absolute atomic E-state index is 13.6. The Morgan fingerprint density at radius 2 is 1.95 bits per heavy atom. The Bertz CT molecular complexity index is 1580. The number of rotatable bonds is 7. The van der Waals surface area contributed by atoms with Crippen LogP contribution in [0.2, 0.25) is 0 Å². The average molecular weight is 581 g/mol. The zero-order chi connectivity index (χ0) is 29.9. The van der Waals surface area contributed by atoms with Gasteiger partial charge in [0.2, 0.25) is 12.5 Å². The number of benzene rings is 2. The normalized spacial score (nSPS) is 20.1. The minimum Gasteiger partial charge on any atom is -0.462 e. The van der Waals surface area contributed by atoms with Crippen molar-refractivity contribution in [1.29, 1.82) is 0 Å². The molecule has 1 aromatic heterocycles. The van der Waals surface area contributed by atoms with Gasteiger partial charge in [0.05, 0.1) is 24.5 Å². The van der Waals surface area contributed by atoms with Crippen LogP contribution in [0.25, 0.3) is 15.6 Å². The van der Waals surface area contributed by atoms with Crippen LogP contribution < -0.4 is 15.0 Å². The van der Waals surface area contributed by atoms with Crippen molar-refractivity contribution >= 4 is 34.2 Å². The standard InChI is InChI=1S/C32H36N8O3/c1-4-29(41)40-16-15-38(18-24(40)17-33-2)30-26-19-39(32(42)35-27-13-7-10-22-9-5-6-12-25(22)27)20-28(26)34-31(36-30)43-21-23-11-8-14-37(23)3/h4-7,9-10,12-13,23-24H,1,8,11,14-21H2,3H3,(H,35,42)/t23-,24-/m0/s1. The number of piperazine rings is 1. The van der Waals surface area contributed by atoms with E-state index < -0.39 is 0 Å². The van der Waals surface area contributed by atoms with Crippen molar-refractivity contribution in [3.05, 3.63) is 77.8 Å². The first-order valence-corrected chi connectivity index (χ1v) is 14.7. The molecule has 1 N–H and O–H groups in total. The van der Waals surface area contributed by atoms with Crippen LogP contribution >= 0.6 is 0 Å². The molecule has 222 valence electrons. The average Bonchev–Trinajstić information content (AvgIpc) is 3.65. The van der Waals surface area contributed by atoms with Gasteiger partial charge in [-0.1, -0.05) is 43.0 Å². The molecule has 2 saturated heterocycles. The number of hydrogen-bond donors (Lipinski definition) is 1. The number of nitrogens with zero attached hydrogens (tertiary/aromatic N) is 7. The quantitative estimate of drug-likeness (QED) is 0.336. The van der Waals surface area contributed by atoms with Crippen LogP contribution in [-0.4, -0.2) is 95.1 Å². The van der Waals surface area contributed by atoms with Crippen molar-refractivity contribution in [2.75, 3.05) is 56.6 Å². The number of likely N-dealkylation sites (tertiary alicyclic amines) is 1. The Morgan fingerprint density at radius 1 is 1.12 bits per heavy atom. The van der Waals surface area contributed by atoms with Crippen LogP contribution in [0.3, 0.4) is 0 Å². The summed E-state index contributed by atoms with van der Waals surface area (Å²) in [5.41, 5.74) is 2.36. The number of carbonyl (C=O) groups is 2. The summed E-state index contributed by atoms with van der Waals surface area (Å²) in [6, 6.07) is 13.9. The molecule has 2 aromatic carbocycles. The molecule has 0 radical (unpaired) electrons. The third kappa shape index (κ3) is 5.83. The summed E-state index contributed by atoms with van der Waals surface area (Å²) in [4.78, 5) is 47.1. The minimum absolute atomic E-state index is 0.179. The van der Waals surface area contributed by atoms with Gasteiger partial charge in [-0.25, -0.2) is 11.4 Å². The molecule has 43 heavy (non-hydrogen) atoms. The lowest BCUT2D eigenvalue weighted by molar-refractivity contribution is -0.128. The molecule has 3 aliphatic heterocycles. The van der Waals surface area contributed by atoms with Crippen molar-refractivity contribution in [2.24, 2.45) is 0 Å². The number of carbonyl (C=O) groups excluding carboxylic acids is 2. The first kappa shape index (κ1) is 28.4. The maximum atomic E-state index is 13.6. The smallest absolute Gasteiger partial charge is 0.322 e. The van der Waals surface area contributed by atoms with E-state index in [1.165, 1.54) is 6.08 Å². The topological polar surface area (TPSA) is 98.5 Å². The van der Waals surface area contributed by atoms with Crippen molar-refractivity contribution in [1.82, 2.24) is 24.7 Å². The van der Waals surface area contributed by atoms with Gasteiger partial charge in [0.1, 0.15) is 18.5 Å². The van der Waals surface area contributed by atoms with Gasteiger partial charge in [0.15, 0.2) is 0 Å². The van der Waals surface area contributed by atoms with E-state index in [0.717, 1.165) is 47.1 Å². The fraction of sp³-hybridized carbons (Fsp3) is 0.406. The highest BCUT2D eigenvalue weighted by Gasteiger charge is 2.36. The number of ether oxygens (including phenoxy) is 1. The summed E-state index contributed by atoms with van der Waals surface area (Å²) in [7, 11) is 2.10. The molecular weight excluding hydrogens is 544 g/mol. The lowest BCUT2D eigenvalue weighted by Gasteiger charge is -2.39. The Kier molecular flexibility index (Phi) is 8.11. The third-order valence-electron chi connectivity index (χ3n) is 8.68. The van der Waals surface area contributed by atoms with E-state index in [0.29, 0.717) is 51.2 Å². The molecule has 3 amide bonds. The molecule has 0 saturated carbocycles. The zero-order valence-electron chi connectivity index (χ0n) is 24.4. The van der Waals surface area contributed by atoms with Gasteiger partial charge in [-0.15, -0.1) is 0 Å². The Hall–Kier alpha value is -4.69. The molecule has 0 bridgehead atoms. The van der Waals surface area contributed by atoms with Gasteiger partial charge < -0.3 is 34.5 Å². The van der Waals surface area contributed by atoms with E-state index in [-0.39, 0.29) is 30.5 Å². The Morgan fingerprint density at radius 3 is 2.74 bits per heavy atom. The number of aromatic nitrogens is 2. The number of urea groups is 1. The molecule has 0 spiro atoms. The van der Waals surface area contributed by atoms with Crippen LogP contribution in [-0.2, 0) is 17.9 Å². The second-order valence-corrected chi connectivity index (χ2v) is 11.3. The van der Waals surface area contributed by atoms with Gasteiger partial charge >= 0.3 is 12.0 Å². The first-order chi connectivity index (χ1) is 20.9. The highest BCUT2D eigenvalue weighted by molar-refractivity contribution is 6.01. The molecule has 6 rings (SSSR count). The molecular formula is C32H36N8O3. The molecule has 3 aliphatic rings. The summed E-state index contributed by atoms with van der Waals surface area (Å²) < 4.78 is 6.17. The summed E-state index contributed by atoms with van der Waals surface area (Å²) in [6.07, 6.45) is 3.50. The van der Waals surface area contributed by atoms with Gasteiger partial charge in [0.25, 0.3) is 0 Å². The SMILES string of the molecule is [C-]#[N+]C[C@H]1CN(c2nc(OC[C@@H]3CCCN3C)nc3c2CN(C(=O)Nc2cccc4ccccc24)C3)CCN1C(=O)C=C. The van der Waals surface area contributed by atoms with Crippen LogP contribution in [0.4, 0.5) is 16.3 Å². The Labute approximate surface area is 251 Å². The lowest BCUT2D eigenvalue weighted by atomic mass is 10.1. The van der Waals surface area contributed by atoms with E-state index in [9.17, 15) is 9.59 Å². The van der Waals surface area contributed by atoms with E-state index >= 15 is 0 Å². The van der Waals surface area contributed by atoms with Crippen LogP contribution in [0, 0.1) is 6.57 Å². The predicted molar refractivity (Wildman–Crippen MR) is 165 cm³/mol. The minimum atomic E-state index is -0.300. The van der Waals surface area contributed by atoms with Crippen LogP contribution in [0.1, 0.15) is 24.1 Å². The number of fused-ring (bicyclic) bond motifs is 2. The largest absolute Gasteiger partial charge is 0.462 e. The fourth-order valence-electron chi connectivity index (χ4n) is 6.29. The molecule has 4 heterocycles. The second kappa shape index (κ2) is 12.3. The van der Waals surface area contributed by atoms with Crippen molar-refractivity contribution in [2.45, 2.75) is 38.0 Å². The lowest BCUT2D eigenvalue weighted by Crippen LogP contribution is -2.56.